The molecular formula is C31H42N2O5S2. The molecule has 1 aliphatic heterocycles. The molecule has 0 fully saturated rings. The Labute approximate surface area is 245 Å². The van der Waals surface area contributed by atoms with Gasteiger partial charge in [0.15, 0.2) is 4.90 Å². The molecule has 9 heteroatoms. The smallest absolute Gasteiger partial charge is 0.331 e. The summed E-state index contributed by atoms with van der Waals surface area (Å²) in [5.74, 6) is -0.201. The van der Waals surface area contributed by atoms with Crippen LogP contribution in [-0.4, -0.2) is 40.1 Å². The predicted octanol–water partition coefficient (Wildman–Crippen LogP) is 7.61. The van der Waals surface area contributed by atoms with Crippen LogP contribution >= 0.6 is 11.8 Å². The number of carbonyl (C=O) groups excluding carboxylic acids is 1. The molecule has 1 heterocycles. The fourth-order valence-electron chi connectivity index (χ4n) is 4.94. The van der Waals surface area contributed by atoms with E-state index in [0.29, 0.717) is 16.4 Å². The van der Waals surface area contributed by atoms with E-state index in [2.05, 4.69) is 24.1 Å². The van der Waals surface area contributed by atoms with Crippen molar-refractivity contribution < 1.29 is 24.0 Å². The number of fused-ring (bicyclic) bond motifs is 1. The molecule has 0 saturated heterocycles. The van der Waals surface area contributed by atoms with E-state index in [-0.39, 0.29) is 17.2 Å². The van der Waals surface area contributed by atoms with E-state index in [1.807, 2.05) is 56.5 Å². The SMILES string of the molecule is CCCCC1(CCCC)CN(c2ccc(NC(=O)C(C)C)cc2)c2cc(SC)c(O/C=C/C(=O)O)cc2[S+]([O-])C1. The normalized spacial score (nSPS) is 16.6. The highest BCUT2D eigenvalue weighted by atomic mass is 32.2. The molecule has 1 atom stereocenters. The lowest BCUT2D eigenvalue weighted by Gasteiger charge is -2.36. The van der Waals surface area contributed by atoms with Crippen molar-refractivity contribution in [3.8, 4) is 5.75 Å². The fraction of sp³-hybridized carbons (Fsp3) is 0.484. The van der Waals surface area contributed by atoms with Crippen LogP contribution in [0.2, 0.25) is 0 Å². The van der Waals surface area contributed by atoms with Crippen LogP contribution in [0.3, 0.4) is 0 Å². The summed E-state index contributed by atoms with van der Waals surface area (Å²) in [4.78, 5) is 27.0. The highest BCUT2D eigenvalue weighted by molar-refractivity contribution is 7.98. The molecule has 1 amide bonds. The van der Waals surface area contributed by atoms with Crippen molar-refractivity contribution in [1.82, 2.24) is 0 Å². The van der Waals surface area contributed by atoms with Gasteiger partial charge in [-0.15, -0.1) is 11.8 Å². The van der Waals surface area contributed by atoms with Gasteiger partial charge in [-0.3, -0.25) is 4.79 Å². The van der Waals surface area contributed by atoms with E-state index >= 15 is 0 Å². The molecule has 0 radical (unpaired) electrons. The third-order valence-corrected chi connectivity index (χ3v) is 9.66. The molecule has 0 bridgehead atoms. The van der Waals surface area contributed by atoms with Gasteiger partial charge in [-0.2, -0.15) is 0 Å². The van der Waals surface area contributed by atoms with Gasteiger partial charge in [-0.05, 0) is 60.6 Å². The molecular weight excluding hydrogens is 544 g/mol. The average molecular weight is 587 g/mol. The fourth-order valence-corrected chi connectivity index (χ4v) is 7.21. The number of ether oxygens (including phenoxy) is 1. The standard InChI is InChI=1S/C31H42N2O5S2/c1-6-8-15-31(16-9-7-2)20-33(24-12-10-23(11-13-24)32-30(36)22(3)4)25-18-27(39-5)26(38-17-14-29(34)35)19-28(25)40(37)21-31/h10-14,17-19,22H,6-9,15-16,20-21H2,1-5H3,(H,32,36)(H,34,35)/b17-14+. The van der Waals surface area contributed by atoms with Crippen molar-refractivity contribution in [2.24, 2.45) is 11.3 Å². The number of nitrogens with zero attached hydrogens (tertiary/aromatic N) is 1. The number of aliphatic carboxylic acids is 1. The van der Waals surface area contributed by atoms with Crippen molar-refractivity contribution in [3.05, 3.63) is 48.7 Å². The quantitative estimate of drug-likeness (QED) is 0.108. The van der Waals surface area contributed by atoms with Crippen molar-refractivity contribution in [2.45, 2.75) is 76.0 Å². The molecule has 218 valence electrons. The van der Waals surface area contributed by atoms with Crippen LogP contribution in [0, 0.1) is 11.3 Å². The lowest BCUT2D eigenvalue weighted by molar-refractivity contribution is -0.131. The van der Waals surface area contributed by atoms with Crippen LogP contribution in [-0.2, 0) is 20.8 Å². The minimum Gasteiger partial charge on any atom is -0.611 e. The number of amides is 1. The van der Waals surface area contributed by atoms with E-state index in [0.717, 1.165) is 79.4 Å². The number of rotatable bonds is 13. The number of carboxylic acids is 1. The second kappa shape index (κ2) is 14.8. The molecule has 1 aliphatic rings. The van der Waals surface area contributed by atoms with Crippen LogP contribution in [0.25, 0.3) is 0 Å². The van der Waals surface area contributed by atoms with Crippen molar-refractivity contribution in [3.63, 3.8) is 0 Å². The Morgan fingerprint density at radius 3 is 2.38 bits per heavy atom. The van der Waals surface area contributed by atoms with Crippen molar-refractivity contribution in [1.29, 1.82) is 0 Å². The second-order valence-corrected chi connectivity index (χ2v) is 13.0. The molecule has 40 heavy (non-hydrogen) atoms. The monoisotopic (exact) mass is 586 g/mol. The molecule has 0 aliphatic carbocycles. The Kier molecular flexibility index (Phi) is 11.8. The molecule has 1 unspecified atom stereocenters. The van der Waals surface area contributed by atoms with E-state index in [1.165, 1.54) is 11.8 Å². The maximum absolute atomic E-state index is 14.1. The summed E-state index contributed by atoms with van der Waals surface area (Å²) in [6.45, 7) is 8.84. The zero-order valence-corrected chi connectivity index (χ0v) is 25.8. The van der Waals surface area contributed by atoms with Crippen molar-refractivity contribution in [2.75, 3.05) is 28.8 Å². The molecule has 0 spiro atoms. The lowest BCUT2D eigenvalue weighted by Crippen LogP contribution is -2.38. The first-order valence-electron chi connectivity index (χ1n) is 14.0. The molecule has 7 nitrogen and oxygen atoms in total. The number of nitrogens with one attached hydrogen (secondary N) is 1. The molecule has 2 aromatic rings. The van der Waals surface area contributed by atoms with Crippen LogP contribution in [0.15, 0.2) is 58.5 Å². The predicted molar refractivity (Wildman–Crippen MR) is 165 cm³/mol. The lowest BCUT2D eigenvalue weighted by atomic mass is 9.79. The number of unbranched alkanes of at least 4 members (excludes halogenated alkanes) is 2. The van der Waals surface area contributed by atoms with Gasteiger partial charge >= 0.3 is 5.97 Å². The Morgan fingerprint density at radius 1 is 1.18 bits per heavy atom. The highest BCUT2D eigenvalue weighted by Gasteiger charge is 2.42. The molecule has 2 aromatic carbocycles. The molecule has 2 N–H and O–H groups in total. The molecule has 0 saturated carbocycles. The topological polar surface area (TPSA) is 102 Å². The Morgan fingerprint density at radius 2 is 1.82 bits per heavy atom. The van der Waals surface area contributed by atoms with Crippen molar-refractivity contribution >= 4 is 51.9 Å². The number of hydrogen-bond acceptors (Lipinski definition) is 6. The van der Waals surface area contributed by atoms with Gasteiger partial charge in [0.25, 0.3) is 0 Å². The summed E-state index contributed by atoms with van der Waals surface area (Å²) in [7, 11) is 0. The first kappa shape index (κ1) is 31.9. The number of hydrogen-bond donors (Lipinski definition) is 2. The zero-order valence-electron chi connectivity index (χ0n) is 24.2. The largest absolute Gasteiger partial charge is 0.611 e. The van der Waals surface area contributed by atoms with Crippen LogP contribution < -0.4 is 15.0 Å². The van der Waals surface area contributed by atoms with Gasteiger partial charge in [0.2, 0.25) is 5.91 Å². The van der Waals surface area contributed by atoms with E-state index < -0.39 is 17.1 Å². The minimum atomic E-state index is -1.28. The molecule has 0 aromatic heterocycles. The summed E-state index contributed by atoms with van der Waals surface area (Å²) in [6.07, 6.45) is 10.3. The van der Waals surface area contributed by atoms with E-state index in [1.54, 1.807) is 0 Å². The zero-order chi connectivity index (χ0) is 29.3. The van der Waals surface area contributed by atoms with Crippen LogP contribution in [0.1, 0.15) is 66.2 Å². The first-order chi connectivity index (χ1) is 19.1. The van der Waals surface area contributed by atoms with Gasteiger partial charge in [-0.1, -0.05) is 53.4 Å². The summed E-state index contributed by atoms with van der Waals surface area (Å²) >= 11 is 0.209. The summed E-state index contributed by atoms with van der Waals surface area (Å²) < 4.78 is 19.8. The minimum absolute atomic E-state index is 0.0319. The third kappa shape index (κ3) is 8.21. The maximum atomic E-state index is 14.1. The Hall–Kier alpha value is -2.62. The van der Waals surface area contributed by atoms with Crippen LogP contribution in [0.4, 0.5) is 17.1 Å². The Bertz CT molecular complexity index is 1170. The number of carbonyl (C=O) groups is 2. The summed E-state index contributed by atoms with van der Waals surface area (Å²) in [5, 5.41) is 12.0. The molecule has 3 rings (SSSR count). The number of thioether (sulfide) groups is 1. The second-order valence-electron chi connectivity index (χ2n) is 10.7. The highest BCUT2D eigenvalue weighted by Crippen LogP contribution is 2.48. The van der Waals surface area contributed by atoms with Gasteiger partial charge in [-0.25, -0.2) is 4.79 Å². The number of anilines is 3. The van der Waals surface area contributed by atoms with Gasteiger partial charge in [0, 0.05) is 35.3 Å². The van der Waals surface area contributed by atoms with E-state index in [9.17, 15) is 14.1 Å². The average Bonchev–Trinajstić information content (AvgIpc) is 3.04. The number of carboxylic acid groups (broad SMARTS) is 1. The van der Waals surface area contributed by atoms with Gasteiger partial charge in [0.1, 0.15) is 11.5 Å². The maximum Gasteiger partial charge on any atom is 0.331 e. The van der Waals surface area contributed by atoms with Gasteiger partial charge in [0.05, 0.1) is 22.9 Å². The third-order valence-electron chi connectivity index (χ3n) is 7.21. The van der Waals surface area contributed by atoms with E-state index in [4.69, 9.17) is 9.84 Å². The number of benzene rings is 2. The van der Waals surface area contributed by atoms with Crippen LogP contribution in [0.5, 0.6) is 5.75 Å². The first-order valence-corrected chi connectivity index (χ1v) is 16.5. The summed E-state index contributed by atoms with van der Waals surface area (Å²) in [5.41, 5.74) is 2.44. The summed E-state index contributed by atoms with van der Waals surface area (Å²) in [6, 6.07) is 11.7. The van der Waals surface area contributed by atoms with Gasteiger partial charge < -0.3 is 24.6 Å². The Balaban J connectivity index is 2.13.